The maximum Gasteiger partial charge on any atom is 0.0589 e. The third-order valence-corrected chi connectivity index (χ3v) is 4.13. The first-order valence-electron chi connectivity index (χ1n) is 7.71. The highest BCUT2D eigenvalue weighted by molar-refractivity contribution is 5.24. The fraction of sp³-hybridized carbons (Fsp3) is 0.647. The Kier molecular flexibility index (Phi) is 6.02. The summed E-state index contributed by atoms with van der Waals surface area (Å²) in [5.41, 5.74) is 2.86. The minimum atomic E-state index is 0.619. The molecular formula is C17H28N2O. The number of nitrogens with zero attached hydrogens (tertiary/aromatic N) is 2. The van der Waals surface area contributed by atoms with E-state index in [2.05, 4.69) is 47.9 Å². The molecule has 0 N–H and O–H groups in total. The summed E-state index contributed by atoms with van der Waals surface area (Å²) in [4.78, 5) is 5.04. The minimum Gasteiger partial charge on any atom is -0.383 e. The van der Waals surface area contributed by atoms with Gasteiger partial charge in [-0.2, -0.15) is 0 Å². The number of hydrogen-bond acceptors (Lipinski definition) is 3. The first-order chi connectivity index (χ1) is 9.69. The summed E-state index contributed by atoms with van der Waals surface area (Å²) in [6.07, 6.45) is 0. The normalized spacial score (nSPS) is 17.8. The van der Waals surface area contributed by atoms with Crippen LogP contribution in [0.1, 0.15) is 30.9 Å². The van der Waals surface area contributed by atoms with E-state index in [1.54, 1.807) is 7.11 Å². The van der Waals surface area contributed by atoms with Gasteiger partial charge in [-0.25, -0.2) is 0 Å². The van der Waals surface area contributed by atoms with Gasteiger partial charge < -0.3 is 4.74 Å². The topological polar surface area (TPSA) is 15.7 Å². The van der Waals surface area contributed by atoms with Gasteiger partial charge in [-0.05, 0) is 17.0 Å². The largest absolute Gasteiger partial charge is 0.383 e. The van der Waals surface area contributed by atoms with E-state index >= 15 is 0 Å². The van der Waals surface area contributed by atoms with E-state index in [1.807, 2.05) is 0 Å². The van der Waals surface area contributed by atoms with Gasteiger partial charge in [0.1, 0.15) is 0 Å². The molecule has 1 aliphatic rings. The van der Waals surface area contributed by atoms with Crippen LogP contribution in [-0.2, 0) is 11.3 Å². The molecule has 1 aromatic rings. The molecule has 2 rings (SSSR count). The molecule has 1 saturated heterocycles. The van der Waals surface area contributed by atoms with Crippen molar-refractivity contribution in [3.63, 3.8) is 0 Å². The Morgan fingerprint density at radius 2 is 1.60 bits per heavy atom. The van der Waals surface area contributed by atoms with E-state index in [4.69, 9.17) is 4.74 Å². The average Bonchev–Trinajstić information content (AvgIpc) is 2.47. The molecule has 112 valence electrons. The number of hydrogen-bond donors (Lipinski definition) is 0. The van der Waals surface area contributed by atoms with Crippen LogP contribution >= 0.6 is 0 Å². The van der Waals surface area contributed by atoms with Crippen LogP contribution in [-0.4, -0.2) is 56.2 Å². The van der Waals surface area contributed by atoms with Crippen LogP contribution in [0, 0.1) is 0 Å². The molecule has 1 fully saturated rings. The van der Waals surface area contributed by atoms with Crippen LogP contribution in [0.5, 0.6) is 0 Å². The highest BCUT2D eigenvalue weighted by atomic mass is 16.5. The van der Waals surface area contributed by atoms with Gasteiger partial charge in [-0.15, -0.1) is 0 Å². The number of benzene rings is 1. The summed E-state index contributed by atoms with van der Waals surface area (Å²) >= 11 is 0. The first-order valence-corrected chi connectivity index (χ1v) is 7.71. The molecule has 0 spiro atoms. The van der Waals surface area contributed by atoms with Gasteiger partial charge in [-0.1, -0.05) is 38.1 Å². The van der Waals surface area contributed by atoms with Crippen molar-refractivity contribution < 1.29 is 4.74 Å². The summed E-state index contributed by atoms with van der Waals surface area (Å²) in [6, 6.07) is 9.11. The lowest BCUT2D eigenvalue weighted by molar-refractivity contribution is 0.0938. The van der Waals surface area contributed by atoms with Gasteiger partial charge in [0.2, 0.25) is 0 Å². The molecule has 3 heteroatoms. The third-order valence-electron chi connectivity index (χ3n) is 4.13. The van der Waals surface area contributed by atoms with Crippen molar-refractivity contribution >= 4 is 0 Å². The zero-order valence-corrected chi connectivity index (χ0v) is 13.1. The van der Waals surface area contributed by atoms with Crippen LogP contribution in [0.25, 0.3) is 0 Å². The quantitative estimate of drug-likeness (QED) is 0.794. The molecule has 1 aromatic carbocycles. The average molecular weight is 276 g/mol. The maximum atomic E-state index is 5.14. The van der Waals surface area contributed by atoms with Crippen molar-refractivity contribution in [2.24, 2.45) is 0 Å². The summed E-state index contributed by atoms with van der Waals surface area (Å²) < 4.78 is 5.14. The molecule has 0 aromatic heterocycles. The zero-order chi connectivity index (χ0) is 14.4. The standard InChI is InChI=1S/C17H28N2O/c1-15(2)17-6-4-16(5-7-17)14-19-10-8-18(9-11-19)12-13-20-3/h4-7,15H,8-14H2,1-3H3. The van der Waals surface area contributed by atoms with E-state index in [-0.39, 0.29) is 0 Å². The van der Waals surface area contributed by atoms with Crippen LogP contribution in [0.4, 0.5) is 0 Å². The summed E-state index contributed by atoms with van der Waals surface area (Å²) in [7, 11) is 1.77. The van der Waals surface area contributed by atoms with E-state index < -0.39 is 0 Å². The van der Waals surface area contributed by atoms with Gasteiger partial charge in [0.15, 0.2) is 0 Å². The molecular weight excluding hydrogens is 248 g/mol. The molecule has 0 aliphatic carbocycles. The Morgan fingerprint density at radius 3 is 2.15 bits per heavy atom. The van der Waals surface area contributed by atoms with Crippen molar-refractivity contribution in [3.05, 3.63) is 35.4 Å². The Labute approximate surface area is 123 Å². The Balaban J connectivity index is 1.77. The monoisotopic (exact) mass is 276 g/mol. The van der Waals surface area contributed by atoms with Gasteiger partial charge in [0, 0.05) is 46.4 Å². The van der Waals surface area contributed by atoms with Crippen LogP contribution in [0.3, 0.4) is 0 Å². The fourth-order valence-corrected chi connectivity index (χ4v) is 2.66. The van der Waals surface area contributed by atoms with Crippen LogP contribution < -0.4 is 0 Å². The van der Waals surface area contributed by atoms with Crippen molar-refractivity contribution in [3.8, 4) is 0 Å². The molecule has 0 bridgehead atoms. The molecule has 3 nitrogen and oxygen atoms in total. The Morgan fingerprint density at radius 1 is 1.00 bits per heavy atom. The summed E-state index contributed by atoms with van der Waals surface area (Å²) in [6.45, 7) is 12.1. The number of ether oxygens (including phenoxy) is 1. The Hall–Kier alpha value is -0.900. The Bertz CT molecular complexity index is 380. The van der Waals surface area contributed by atoms with Crippen LogP contribution in [0.2, 0.25) is 0 Å². The zero-order valence-electron chi connectivity index (χ0n) is 13.1. The lowest BCUT2D eigenvalue weighted by atomic mass is 10.0. The second-order valence-electron chi connectivity index (χ2n) is 6.01. The van der Waals surface area contributed by atoms with Gasteiger partial charge >= 0.3 is 0 Å². The highest BCUT2D eigenvalue weighted by Gasteiger charge is 2.16. The molecule has 0 saturated carbocycles. The van der Waals surface area contributed by atoms with E-state index in [0.29, 0.717) is 5.92 Å². The van der Waals surface area contributed by atoms with Crippen molar-refractivity contribution in [1.29, 1.82) is 0 Å². The molecule has 1 heterocycles. The van der Waals surface area contributed by atoms with Crippen molar-refractivity contribution in [2.45, 2.75) is 26.3 Å². The lowest BCUT2D eigenvalue weighted by Crippen LogP contribution is -2.46. The van der Waals surface area contributed by atoms with E-state index in [0.717, 1.165) is 45.9 Å². The van der Waals surface area contributed by atoms with Gasteiger partial charge in [0.25, 0.3) is 0 Å². The predicted molar refractivity (Wildman–Crippen MR) is 84.1 cm³/mol. The number of piperazine rings is 1. The highest BCUT2D eigenvalue weighted by Crippen LogP contribution is 2.16. The second kappa shape index (κ2) is 7.77. The van der Waals surface area contributed by atoms with Crippen molar-refractivity contribution in [2.75, 3.05) is 46.4 Å². The first kappa shape index (κ1) is 15.5. The third kappa shape index (κ3) is 4.58. The van der Waals surface area contributed by atoms with Crippen LogP contribution in [0.15, 0.2) is 24.3 Å². The van der Waals surface area contributed by atoms with E-state index in [1.165, 1.54) is 11.1 Å². The van der Waals surface area contributed by atoms with Gasteiger partial charge in [0.05, 0.1) is 6.61 Å². The maximum absolute atomic E-state index is 5.14. The predicted octanol–water partition coefficient (Wildman–Crippen LogP) is 2.57. The number of methoxy groups -OCH3 is 1. The fourth-order valence-electron chi connectivity index (χ4n) is 2.66. The molecule has 1 aliphatic heterocycles. The molecule has 0 unspecified atom stereocenters. The number of rotatable bonds is 6. The SMILES string of the molecule is COCCN1CCN(Cc2ccc(C(C)C)cc2)CC1. The summed E-state index contributed by atoms with van der Waals surface area (Å²) in [5.74, 6) is 0.619. The molecule has 0 amide bonds. The summed E-state index contributed by atoms with van der Waals surface area (Å²) in [5, 5.41) is 0. The molecule has 20 heavy (non-hydrogen) atoms. The minimum absolute atomic E-state index is 0.619. The van der Waals surface area contributed by atoms with E-state index in [9.17, 15) is 0 Å². The molecule has 0 atom stereocenters. The smallest absolute Gasteiger partial charge is 0.0589 e. The van der Waals surface area contributed by atoms with Gasteiger partial charge in [-0.3, -0.25) is 9.80 Å². The molecule has 0 radical (unpaired) electrons. The second-order valence-corrected chi connectivity index (χ2v) is 6.01. The lowest BCUT2D eigenvalue weighted by Gasteiger charge is -2.34. The van der Waals surface area contributed by atoms with Crippen molar-refractivity contribution in [1.82, 2.24) is 9.80 Å².